The molecule has 2 aromatic rings. The summed E-state index contributed by atoms with van der Waals surface area (Å²) in [5, 5.41) is 5.84. The van der Waals surface area contributed by atoms with Gasteiger partial charge in [0.05, 0.1) is 6.33 Å². The molecular formula is C25H38N6O9. The zero-order valence-corrected chi connectivity index (χ0v) is 22.4. The van der Waals surface area contributed by atoms with E-state index in [1.807, 2.05) is 0 Å². The lowest BCUT2D eigenvalue weighted by Gasteiger charge is -2.23. The monoisotopic (exact) mass is 566 g/mol. The lowest BCUT2D eigenvalue weighted by atomic mass is 10.1. The second kappa shape index (κ2) is 15.0. The van der Waals surface area contributed by atoms with E-state index in [9.17, 15) is 24.0 Å². The number of nitrogens with one attached hydrogen (secondary N) is 3. The van der Waals surface area contributed by atoms with Crippen LogP contribution in [0.4, 0.5) is 5.95 Å². The minimum Gasteiger partial charge on any atom is -0.463 e. The number of carbonyl (C=O) groups excluding carboxylic acids is 4. The van der Waals surface area contributed by atoms with Crippen LogP contribution >= 0.6 is 0 Å². The number of rotatable bonds is 13. The summed E-state index contributed by atoms with van der Waals surface area (Å²) < 4.78 is 23.3. The van der Waals surface area contributed by atoms with Crippen molar-refractivity contribution >= 4 is 40.9 Å². The van der Waals surface area contributed by atoms with Crippen molar-refractivity contribution in [1.82, 2.24) is 24.8 Å². The van der Waals surface area contributed by atoms with Crippen LogP contribution in [0, 0.1) is 0 Å². The van der Waals surface area contributed by atoms with E-state index >= 15 is 0 Å². The Bertz CT molecular complexity index is 1240. The summed E-state index contributed by atoms with van der Waals surface area (Å²) in [6, 6.07) is 0. The van der Waals surface area contributed by atoms with E-state index in [0.717, 1.165) is 25.7 Å². The van der Waals surface area contributed by atoms with Gasteiger partial charge in [-0.1, -0.05) is 20.3 Å². The number of aromatic amines is 1. The first-order valence-electron chi connectivity index (χ1n) is 12.6. The molecule has 1 unspecified atom stereocenters. The van der Waals surface area contributed by atoms with Gasteiger partial charge in [0.1, 0.15) is 12.7 Å². The Labute approximate surface area is 231 Å². The van der Waals surface area contributed by atoms with E-state index in [1.54, 1.807) is 0 Å². The Morgan fingerprint density at radius 1 is 0.975 bits per heavy atom. The molecule has 3 N–H and O–H groups in total. The molecule has 3 rings (SSSR count). The average molecular weight is 567 g/mol. The number of amides is 1. The van der Waals surface area contributed by atoms with Crippen LogP contribution in [0.2, 0.25) is 0 Å². The highest BCUT2D eigenvalue weighted by Gasteiger charge is 2.51. The minimum absolute atomic E-state index is 0. The lowest BCUT2D eigenvalue weighted by Crippen LogP contribution is -2.40. The molecule has 0 bridgehead atoms. The number of imidazole rings is 1. The maximum atomic E-state index is 12.7. The Balaban J connectivity index is 0.00000560. The van der Waals surface area contributed by atoms with Gasteiger partial charge >= 0.3 is 17.9 Å². The van der Waals surface area contributed by atoms with E-state index < -0.39 is 48.0 Å². The van der Waals surface area contributed by atoms with Crippen LogP contribution in [0.25, 0.3) is 11.2 Å². The Morgan fingerprint density at radius 2 is 1.62 bits per heavy atom. The zero-order chi connectivity index (χ0) is 28.5. The van der Waals surface area contributed by atoms with E-state index in [1.165, 1.54) is 38.6 Å². The number of ether oxygens (including phenoxy) is 4. The molecule has 3 heterocycles. The summed E-state index contributed by atoms with van der Waals surface area (Å²) in [6.07, 6.45) is 0.555. The fraction of sp³-hybridized carbons (Fsp3) is 0.640. The van der Waals surface area contributed by atoms with Gasteiger partial charge in [0.25, 0.3) is 5.56 Å². The molecule has 0 saturated carbocycles. The number of carbonyl (C=O) groups is 4. The summed E-state index contributed by atoms with van der Waals surface area (Å²) in [7, 11) is 0. The Hall–Kier alpha value is -4.01. The van der Waals surface area contributed by atoms with Gasteiger partial charge in [-0.05, 0) is 12.8 Å². The molecule has 0 spiro atoms. The van der Waals surface area contributed by atoms with Crippen molar-refractivity contribution in [2.75, 3.05) is 25.0 Å². The summed E-state index contributed by atoms with van der Waals surface area (Å²) in [4.78, 5) is 70.0. The number of anilines is 1. The highest BCUT2D eigenvalue weighted by Crippen LogP contribution is 2.35. The van der Waals surface area contributed by atoms with Gasteiger partial charge in [-0.3, -0.25) is 33.5 Å². The maximum absolute atomic E-state index is 12.7. The third-order valence-corrected chi connectivity index (χ3v) is 5.82. The number of unbranched alkanes of at least 4 members (excludes halogenated alkanes) is 3. The second-order valence-electron chi connectivity index (χ2n) is 9.08. The van der Waals surface area contributed by atoms with Crippen molar-refractivity contribution < 1.29 is 38.1 Å². The molecular weight excluding hydrogens is 528 g/mol. The molecule has 1 amide bonds. The molecule has 0 aromatic carbocycles. The van der Waals surface area contributed by atoms with Gasteiger partial charge in [-0.15, -0.1) is 0 Å². The van der Waals surface area contributed by atoms with Gasteiger partial charge in [0.2, 0.25) is 11.9 Å². The third-order valence-electron chi connectivity index (χ3n) is 5.82. The normalized spacial score (nSPS) is 19.9. The molecule has 2 aromatic heterocycles. The van der Waals surface area contributed by atoms with Crippen molar-refractivity contribution in [3.05, 3.63) is 16.7 Å². The van der Waals surface area contributed by atoms with Crippen molar-refractivity contribution in [1.29, 1.82) is 0 Å². The third kappa shape index (κ3) is 8.76. The Morgan fingerprint density at radius 3 is 2.25 bits per heavy atom. The minimum atomic E-state index is -1.14. The molecule has 0 radical (unpaired) electrons. The number of nitrogens with zero attached hydrogens (tertiary/aromatic N) is 3. The molecule has 1 saturated heterocycles. The molecule has 4 atom stereocenters. The van der Waals surface area contributed by atoms with Crippen molar-refractivity contribution in [2.24, 2.45) is 0 Å². The maximum Gasteiger partial charge on any atom is 0.303 e. The van der Waals surface area contributed by atoms with Crippen LogP contribution in [-0.4, -0.2) is 81.3 Å². The van der Waals surface area contributed by atoms with Crippen LogP contribution in [0.1, 0.15) is 67.0 Å². The summed E-state index contributed by atoms with van der Waals surface area (Å²) in [5.41, 5.74) is -0.323. The second-order valence-corrected chi connectivity index (χ2v) is 9.08. The van der Waals surface area contributed by atoms with Crippen molar-refractivity contribution in [3.8, 4) is 0 Å². The quantitative estimate of drug-likeness (QED) is 0.178. The van der Waals surface area contributed by atoms with Gasteiger partial charge in [-0.25, -0.2) is 4.98 Å². The molecule has 1 fully saturated rings. The van der Waals surface area contributed by atoms with Gasteiger partial charge in [0.15, 0.2) is 29.6 Å². The van der Waals surface area contributed by atoms with Crippen LogP contribution < -0.4 is 16.2 Å². The Kier molecular flexibility index (Phi) is 12.0. The van der Waals surface area contributed by atoms with Gasteiger partial charge in [-0.2, -0.15) is 4.98 Å². The number of esters is 3. The number of fused-ring (bicyclic) bond motifs is 1. The number of hydrogen-bond acceptors (Lipinski definition) is 12. The first-order chi connectivity index (χ1) is 18.6. The van der Waals surface area contributed by atoms with Gasteiger partial charge in [0, 0.05) is 40.8 Å². The first kappa shape index (κ1) is 32.2. The van der Waals surface area contributed by atoms with Crippen LogP contribution in [-0.2, 0) is 38.1 Å². The molecule has 15 heteroatoms. The van der Waals surface area contributed by atoms with Crippen LogP contribution in [0.15, 0.2) is 11.1 Å². The number of hydrogen-bond donors (Lipinski definition) is 3. The summed E-state index contributed by atoms with van der Waals surface area (Å²) >= 11 is 0. The summed E-state index contributed by atoms with van der Waals surface area (Å²) in [5.74, 6) is -1.72. The van der Waals surface area contributed by atoms with E-state index in [4.69, 9.17) is 18.9 Å². The molecule has 1 aliphatic heterocycles. The van der Waals surface area contributed by atoms with E-state index in [0.29, 0.717) is 13.1 Å². The predicted octanol–water partition coefficient (Wildman–Crippen LogP) is 1.19. The van der Waals surface area contributed by atoms with Gasteiger partial charge < -0.3 is 29.6 Å². The highest BCUT2D eigenvalue weighted by molar-refractivity contribution is 5.73. The molecule has 1 aliphatic rings. The lowest BCUT2D eigenvalue weighted by molar-refractivity contribution is -0.166. The first-order valence-corrected chi connectivity index (χ1v) is 12.6. The smallest absolute Gasteiger partial charge is 0.303 e. The fourth-order valence-corrected chi connectivity index (χ4v) is 4.19. The fourth-order valence-electron chi connectivity index (χ4n) is 4.19. The standard InChI is InChI=1S/C24H34N6O9.CH4/c1-13(31)25-9-7-5-6-8-10-26-24-28-21-18(22(35)29-24)27-12-30(21)23-20(38-16(4)34)19(37-15(3)33)17(39-23)11-36-14(2)32;/h12,17,19-20,23H,5-11H2,1-4H3,(H,25,31)(H2,26,28,29,35);1H4/t17-,19+,20?,23-;/m1./s1. The van der Waals surface area contributed by atoms with E-state index in [-0.39, 0.29) is 37.1 Å². The van der Waals surface area contributed by atoms with E-state index in [2.05, 4.69) is 25.6 Å². The zero-order valence-electron chi connectivity index (χ0n) is 22.4. The van der Waals surface area contributed by atoms with Crippen LogP contribution in [0.3, 0.4) is 0 Å². The largest absolute Gasteiger partial charge is 0.463 e. The highest BCUT2D eigenvalue weighted by atomic mass is 16.7. The molecule has 0 aliphatic carbocycles. The van der Waals surface area contributed by atoms with Crippen LogP contribution in [0.5, 0.6) is 0 Å². The summed E-state index contributed by atoms with van der Waals surface area (Å²) in [6.45, 7) is 5.99. The average Bonchev–Trinajstić information content (AvgIpc) is 3.40. The SMILES string of the molecule is C.CC(=O)NCCCCCCNc1nc2c(ncn2[C@@H]2O[C@H](COC(C)=O)[C@H](OC(C)=O)C2OC(C)=O)c(=O)[nH]1. The topological polar surface area (TPSA) is 193 Å². The molecule has 40 heavy (non-hydrogen) atoms. The van der Waals surface area contributed by atoms with Crippen molar-refractivity contribution in [3.63, 3.8) is 0 Å². The number of H-pyrrole nitrogens is 1. The predicted molar refractivity (Wildman–Crippen MR) is 142 cm³/mol. The molecule has 15 nitrogen and oxygen atoms in total. The number of aromatic nitrogens is 4. The molecule has 222 valence electrons. The van der Waals surface area contributed by atoms with Crippen molar-refractivity contribution in [2.45, 2.75) is 85.3 Å².